The van der Waals surface area contributed by atoms with E-state index in [-0.39, 0.29) is 30.3 Å². The van der Waals surface area contributed by atoms with E-state index in [1.165, 1.54) is 0 Å². The van der Waals surface area contributed by atoms with Crippen LogP contribution in [-0.4, -0.2) is 66.9 Å². The van der Waals surface area contributed by atoms with E-state index >= 15 is 0 Å². The molecule has 8 heteroatoms. The number of carbonyl (C=O) groups is 2. The minimum Gasteiger partial charge on any atom is -0.339 e. The Hall–Kier alpha value is -1.34. The zero-order valence-electron chi connectivity index (χ0n) is 14.0. The summed E-state index contributed by atoms with van der Waals surface area (Å²) in [5.74, 6) is 0.119. The van der Waals surface area contributed by atoms with Gasteiger partial charge in [-0.1, -0.05) is 23.7 Å². The average molecular weight is 387 g/mol. The zero-order valence-corrected chi connectivity index (χ0v) is 15.6. The molecular formula is C17H24Cl2N4O2. The molecule has 2 saturated heterocycles. The standard InChI is InChI=1S/C17H23ClN4O2.ClH/c18-13-4-1-2-5-14(13)20-16(23)12-21-8-10-22(11-9-21)17(24)15-6-3-7-19-15;/h1-2,4-5,15,19H,3,6-12H2,(H,20,23);1H. The lowest BCUT2D eigenvalue weighted by atomic mass is 10.2. The van der Waals surface area contributed by atoms with Crippen molar-refractivity contribution in [3.05, 3.63) is 29.3 Å². The van der Waals surface area contributed by atoms with E-state index in [0.717, 1.165) is 19.4 Å². The normalized spacial score (nSPS) is 20.8. The van der Waals surface area contributed by atoms with Gasteiger partial charge in [0.15, 0.2) is 0 Å². The van der Waals surface area contributed by atoms with E-state index in [0.29, 0.717) is 43.4 Å². The highest BCUT2D eigenvalue weighted by atomic mass is 35.5. The predicted molar refractivity (Wildman–Crippen MR) is 101 cm³/mol. The summed E-state index contributed by atoms with van der Waals surface area (Å²) in [6, 6.07) is 7.18. The number of para-hydroxylation sites is 1. The fourth-order valence-electron chi connectivity index (χ4n) is 3.20. The summed E-state index contributed by atoms with van der Waals surface area (Å²) >= 11 is 6.05. The van der Waals surface area contributed by atoms with Gasteiger partial charge in [-0.25, -0.2) is 0 Å². The second-order valence-corrected chi connectivity index (χ2v) is 6.69. The van der Waals surface area contributed by atoms with Crippen LogP contribution in [0.2, 0.25) is 5.02 Å². The molecule has 2 fully saturated rings. The summed E-state index contributed by atoms with van der Waals surface area (Å²) in [6.07, 6.45) is 2.00. The highest BCUT2D eigenvalue weighted by molar-refractivity contribution is 6.33. The van der Waals surface area contributed by atoms with Crippen molar-refractivity contribution in [2.24, 2.45) is 0 Å². The number of anilines is 1. The van der Waals surface area contributed by atoms with Gasteiger partial charge in [-0.2, -0.15) is 0 Å². The first-order valence-corrected chi connectivity index (χ1v) is 8.80. The monoisotopic (exact) mass is 386 g/mol. The molecule has 2 heterocycles. The van der Waals surface area contributed by atoms with Gasteiger partial charge in [-0.15, -0.1) is 12.4 Å². The fraction of sp³-hybridized carbons (Fsp3) is 0.529. The van der Waals surface area contributed by atoms with Crippen LogP contribution in [0.5, 0.6) is 0 Å². The van der Waals surface area contributed by atoms with Gasteiger partial charge in [0, 0.05) is 26.2 Å². The molecule has 25 heavy (non-hydrogen) atoms. The van der Waals surface area contributed by atoms with Gasteiger partial charge >= 0.3 is 0 Å². The van der Waals surface area contributed by atoms with Gasteiger partial charge in [0.05, 0.1) is 23.3 Å². The number of halogens is 2. The quantitative estimate of drug-likeness (QED) is 0.824. The van der Waals surface area contributed by atoms with Gasteiger partial charge < -0.3 is 15.5 Å². The van der Waals surface area contributed by atoms with Gasteiger partial charge in [-0.3, -0.25) is 14.5 Å². The first-order chi connectivity index (χ1) is 11.6. The van der Waals surface area contributed by atoms with Crippen molar-refractivity contribution in [1.82, 2.24) is 15.1 Å². The van der Waals surface area contributed by atoms with Gasteiger partial charge in [0.25, 0.3) is 0 Å². The first kappa shape index (κ1) is 20.0. The second-order valence-electron chi connectivity index (χ2n) is 6.28. The van der Waals surface area contributed by atoms with E-state index in [1.807, 2.05) is 17.0 Å². The maximum absolute atomic E-state index is 12.4. The molecule has 0 aliphatic carbocycles. The minimum atomic E-state index is -0.0830. The Kier molecular flexibility index (Phi) is 7.50. The lowest BCUT2D eigenvalue weighted by molar-refractivity contribution is -0.135. The third-order valence-corrected chi connectivity index (χ3v) is 4.89. The van der Waals surface area contributed by atoms with E-state index < -0.39 is 0 Å². The summed E-state index contributed by atoms with van der Waals surface area (Å²) in [6.45, 7) is 4.03. The molecule has 3 rings (SSSR count). The Balaban J connectivity index is 0.00000225. The average Bonchev–Trinajstić information content (AvgIpc) is 3.11. The number of carbonyl (C=O) groups excluding carboxylic acids is 2. The molecule has 2 amide bonds. The molecule has 0 spiro atoms. The molecule has 0 aromatic heterocycles. The number of benzene rings is 1. The maximum Gasteiger partial charge on any atom is 0.239 e. The summed E-state index contributed by atoms with van der Waals surface area (Å²) in [4.78, 5) is 28.5. The molecule has 0 bridgehead atoms. The van der Waals surface area contributed by atoms with Crippen LogP contribution >= 0.6 is 24.0 Å². The Labute approximate surface area is 159 Å². The SMILES string of the molecule is Cl.O=C(CN1CCN(C(=O)C2CCCN2)CC1)Nc1ccccc1Cl. The summed E-state index contributed by atoms with van der Waals surface area (Å²) in [7, 11) is 0. The van der Waals surface area contributed by atoms with Gasteiger partial charge in [0.2, 0.25) is 11.8 Å². The maximum atomic E-state index is 12.4. The van der Waals surface area contributed by atoms with Crippen LogP contribution in [0.3, 0.4) is 0 Å². The summed E-state index contributed by atoms with van der Waals surface area (Å²) in [5, 5.41) is 6.61. The number of amides is 2. The summed E-state index contributed by atoms with van der Waals surface area (Å²) < 4.78 is 0. The Morgan fingerprint density at radius 2 is 1.92 bits per heavy atom. The molecule has 2 aliphatic rings. The van der Waals surface area contributed by atoms with Gasteiger partial charge in [0.1, 0.15) is 0 Å². The van der Waals surface area contributed by atoms with Crippen molar-refractivity contribution in [3.63, 3.8) is 0 Å². The van der Waals surface area contributed by atoms with Crippen LogP contribution in [0.1, 0.15) is 12.8 Å². The lowest BCUT2D eigenvalue weighted by Crippen LogP contribution is -2.54. The van der Waals surface area contributed by atoms with Gasteiger partial charge in [-0.05, 0) is 31.5 Å². The van der Waals surface area contributed by atoms with E-state index in [4.69, 9.17) is 11.6 Å². The summed E-state index contributed by atoms with van der Waals surface area (Å²) in [5.41, 5.74) is 0.630. The van der Waals surface area contributed by atoms with Crippen LogP contribution in [0.25, 0.3) is 0 Å². The van der Waals surface area contributed by atoms with Crippen molar-refractivity contribution in [2.75, 3.05) is 44.6 Å². The molecule has 1 atom stereocenters. The molecule has 1 aromatic rings. The zero-order chi connectivity index (χ0) is 16.9. The number of nitrogens with zero attached hydrogens (tertiary/aromatic N) is 2. The highest BCUT2D eigenvalue weighted by Gasteiger charge is 2.29. The fourth-order valence-corrected chi connectivity index (χ4v) is 3.38. The smallest absolute Gasteiger partial charge is 0.239 e. The number of nitrogens with one attached hydrogen (secondary N) is 2. The first-order valence-electron chi connectivity index (χ1n) is 8.42. The Morgan fingerprint density at radius 1 is 1.20 bits per heavy atom. The second kappa shape index (κ2) is 9.38. The van der Waals surface area contributed by atoms with Crippen molar-refractivity contribution in [3.8, 4) is 0 Å². The molecule has 138 valence electrons. The third kappa shape index (κ3) is 5.31. The van der Waals surface area contributed by atoms with Crippen LogP contribution in [-0.2, 0) is 9.59 Å². The lowest BCUT2D eigenvalue weighted by Gasteiger charge is -2.35. The highest BCUT2D eigenvalue weighted by Crippen LogP contribution is 2.20. The third-order valence-electron chi connectivity index (χ3n) is 4.56. The molecular weight excluding hydrogens is 363 g/mol. The predicted octanol–water partition coefficient (Wildman–Crippen LogP) is 1.60. The Morgan fingerprint density at radius 3 is 2.56 bits per heavy atom. The number of hydrogen-bond acceptors (Lipinski definition) is 4. The van der Waals surface area contributed by atoms with Crippen molar-refractivity contribution in [1.29, 1.82) is 0 Å². The van der Waals surface area contributed by atoms with Crippen LogP contribution in [0.4, 0.5) is 5.69 Å². The molecule has 1 unspecified atom stereocenters. The molecule has 2 aliphatic heterocycles. The number of rotatable bonds is 4. The molecule has 0 radical (unpaired) electrons. The van der Waals surface area contributed by atoms with E-state index in [2.05, 4.69) is 15.5 Å². The molecule has 1 aromatic carbocycles. The molecule has 2 N–H and O–H groups in total. The van der Waals surface area contributed by atoms with Crippen molar-refractivity contribution < 1.29 is 9.59 Å². The van der Waals surface area contributed by atoms with E-state index in [1.54, 1.807) is 12.1 Å². The van der Waals surface area contributed by atoms with Crippen LogP contribution in [0, 0.1) is 0 Å². The molecule has 6 nitrogen and oxygen atoms in total. The number of hydrogen-bond donors (Lipinski definition) is 2. The van der Waals surface area contributed by atoms with E-state index in [9.17, 15) is 9.59 Å². The van der Waals surface area contributed by atoms with Crippen LogP contribution < -0.4 is 10.6 Å². The number of piperazine rings is 1. The topological polar surface area (TPSA) is 64.7 Å². The molecule has 0 saturated carbocycles. The van der Waals surface area contributed by atoms with Crippen molar-refractivity contribution in [2.45, 2.75) is 18.9 Å². The van der Waals surface area contributed by atoms with Crippen molar-refractivity contribution >= 4 is 41.5 Å². The Bertz CT molecular complexity index is 600. The van der Waals surface area contributed by atoms with Crippen LogP contribution in [0.15, 0.2) is 24.3 Å². The largest absolute Gasteiger partial charge is 0.339 e. The minimum absolute atomic E-state index is 0.